The molecule has 0 fully saturated rings. The third-order valence-electron chi connectivity index (χ3n) is 3.11. The summed E-state index contributed by atoms with van der Waals surface area (Å²) < 4.78 is 19.2. The lowest BCUT2D eigenvalue weighted by atomic mass is 10.1. The van der Waals surface area contributed by atoms with Crippen molar-refractivity contribution in [3.63, 3.8) is 0 Å². The number of halogens is 2. The molecule has 0 aromatic heterocycles. The van der Waals surface area contributed by atoms with Gasteiger partial charge in [0.25, 0.3) is 5.91 Å². The van der Waals surface area contributed by atoms with Crippen molar-refractivity contribution in [1.29, 1.82) is 0 Å². The van der Waals surface area contributed by atoms with E-state index in [1.54, 1.807) is 30.3 Å². The molecule has 1 amide bonds. The SMILES string of the molecule is O=C(O)CN(C(=O)c1ccccc1)c1cc(F)ccc1OCCBr. The van der Waals surface area contributed by atoms with Gasteiger partial charge >= 0.3 is 5.97 Å². The Morgan fingerprint density at radius 3 is 2.50 bits per heavy atom. The van der Waals surface area contributed by atoms with Crippen LogP contribution in [0.4, 0.5) is 10.1 Å². The molecule has 126 valence electrons. The summed E-state index contributed by atoms with van der Waals surface area (Å²) in [6.45, 7) is -0.319. The molecule has 2 rings (SSSR count). The summed E-state index contributed by atoms with van der Waals surface area (Å²) in [7, 11) is 0. The number of hydrogen-bond donors (Lipinski definition) is 1. The van der Waals surface area contributed by atoms with E-state index in [1.807, 2.05) is 0 Å². The van der Waals surface area contributed by atoms with E-state index in [0.29, 0.717) is 17.5 Å². The van der Waals surface area contributed by atoms with Crippen LogP contribution in [0.2, 0.25) is 0 Å². The van der Waals surface area contributed by atoms with Crippen molar-refractivity contribution in [2.24, 2.45) is 0 Å². The van der Waals surface area contributed by atoms with Crippen molar-refractivity contribution in [1.82, 2.24) is 0 Å². The standard InChI is InChI=1S/C17H15BrFNO4/c18-8-9-24-15-7-6-13(19)10-14(15)20(11-16(21)22)17(23)12-4-2-1-3-5-12/h1-7,10H,8-9,11H2,(H,21,22). The topological polar surface area (TPSA) is 66.8 Å². The van der Waals surface area contributed by atoms with Gasteiger partial charge in [-0.15, -0.1) is 0 Å². The van der Waals surface area contributed by atoms with Crippen LogP contribution in [0.15, 0.2) is 48.5 Å². The smallest absolute Gasteiger partial charge is 0.323 e. The van der Waals surface area contributed by atoms with Crippen molar-refractivity contribution in [2.45, 2.75) is 0 Å². The first-order valence-electron chi connectivity index (χ1n) is 7.10. The average molecular weight is 396 g/mol. The monoisotopic (exact) mass is 395 g/mol. The van der Waals surface area contributed by atoms with Gasteiger partial charge in [0, 0.05) is 17.0 Å². The molecule has 0 saturated carbocycles. The van der Waals surface area contributed by atoms with Crippen LogP contribution in [-0.4, -0.2) is 35.5 Å². The fraction of sp³-hybridized carbons (Fsp3) is 0.176. The van der Waals surface area contributed by atoms with E-state index in [9.17, 15) is 14.0 Å². The van der Waals surface area contributed by atoms with Gasteiger partial charge in [0.1, 0.15) is 18.1 Å². The first kappa shape index (κ1) is 17.9. The molecule has 0 aliphatic heterocycles. The number of benzene rings is 2. The zero-order valence-electron chi connectivity index (χ0n) is 12.6. The van der Waals surface area contributed by atoms with Crippen LogP contribution >= 0.6 is 15.9 Å². The highest BCUT2D eigenvalue weighted by atomic mass is 79.9. The van der Waals surface area contributed by atoms with Crippen LogP contribution in [0.3, 0.4) is 0 Å². The second-order valence-electron chi connectivity index (χ2n) is 4.80. The molecule has 0 aliphatic rings. The molecule has 0 heterocycles. The maximum Gasteiger partial charge on any atom is 0.323 e. The Morgan fingerprint density at radius 1 is 1.17 bits per heavy atom. The number of nitrogens with zero attached hydrogens (tertiary/aromatic N) is 1. The molecule has 2 aromatic rings. The predicted octanol–water partition coefficient (Wildman–Crippen LogP) is 3.33. The van der Waals surface area contributed by atoms with Crippen molar-refractivity contribution in [3.05, 3.63) is 59.9 Å². The summed E-state index contributed by atoms with van der Waals surface area (Å²) in [5.74, 6) is -2.11. The van der Waals surface area contributed by atoms with Crippen LogP contribution in [-0.2, 0) is 4.79 Å². The van der Waals surface area contributed by atoms with E-state index < -0.39 is 24.2 Å². The number of carboxylic acids is 1. The minimum atomic E-state index is -1.21. The number of carbonyl (C=O) groups excluding carboxylic acids is 1. The Balaban J connectivity index is 2.46. The maximum absolute atomic E-state index is 13.7. The van der Waals surface area contributed by atoms with Crippen molar-refractivity contribution in [2.75, 3.05) is 23.4 Å². The molecule has 1 N–H and O–H groups in total. The molecule has 24 heavy (non-hydrogen) atoms. The van der Waals surface area contributed by atoms with Gasteiger partial charge in [-0.3, -0.25) is 14.5 Å². The van der Waals surface area contributed by atoms with Crippen molar-refractivity contribution >= 4 is 33.5 Å². The first-order chi connectivity index (χ1) is 11.5. The largest absolute Gasteiger partial charge is 0.491 e. The molecular weight excluding hydrogens is 381 g/mol. The number of anilines is 1. The van der Waals surface area contributed by atoms with Gasteiger partial charge in [0.2, 0.25) is 0 Å². The second kappa shape index (κ2) is 8.44. The first-order valence-corrected chi connectivity index (χ1v) is 8.22. The molecular formula is C17H15BrFNO4. The highest BCUT2D eigenvalue weighted by Crippen LogP contribution is 2.30. The number of rotatable bonds is 7. The van der Waals surface area contributed by atoms with Gasteiger partial charge < -0.3 is 9.84 Å². The maximum atomic E-state index is 13.7. The number of alkyl halides is 1. The highest BCUT2D eigenvalue weighted by Gasteiger charge is 2.24. The molecule has 7 heteroatoms. The minimum Gasteiger partial charge on any atom is -0.491 e. The number of amides is 1. The van der Waals surface area contributed by atoms with Gasteiger partial charge in [-0.25, -0.2) is 4.39 Å². The summed E-state index contributed by atoms with van der Waals surface area (Å²) >= 11 is 3.22. The molecule has 0 aliphatic carbocycles. The number of hydrogen-bond acceptors (Lipinski definition) is 3. The molecule has 0 unspecified atom stereocenters. The summed E-state index contributed by atoms with van der Waals surface area (Å²) in [5.41, 5.74) is 0.377. The Morgan fingerprint density at radius 2 is 1.88 bits per heavy atom. The zero-order valence-corrected chi connectivity index (χ0v) is 14.2. The van der Waals surface area contributed by atoms with E-state index >= 15 is 0 Å². The molecule has 0 radical (unpaired) electrons. The summed E-state index contributed by atoms with van der Waals surface area (Å²) in [6.07, 6.45) is 0. The Kier molecular flexibility index (Phi) is 6.31. The van der Waals surface area contributed by atoms with E-state index in [0.717, 1.165) is 11.0 Å². The van der Waals surface area contributed by atoms with Crippen LogP contribution in [0, 0.1) is 5.82 Å². The molecule has 2 aromatic carbocycles. The fourth-order valence-electron chi connectivity index (χ4n) is 2.11. The van der Waals surface area contributed by atoms with Gasteiger partial charge in [-0.1, -0.05) is 34.1 Å². The lowest BCUT2D eigenvalue weighted by Crippen LogP contribution is -2.36. The van der Waals surface area contributed by atoms with E-state index in [-0.39, 0.29) is 11.4 Å². The predicted molar refractivity (Wildman–Crippen MR) is 91.4 cm³/mol. The van der Waals surface area contributed by atoms with E-state index in [2.05, 4.69) is 15.9 Å². The molecule has 5 nitrogen and oxygen atoms in total. The van der Waals surface area contributed by atoms with Crippen LogP contribution in [0.25, 0.3) is 0 Å². The van der Waals surface area contributed by atoms with Gasteiger partial charge in [0.05, 0.1) is 12.3 Å². The van der Waals surface area contributed by atoms with Crippen LogP contribution in [0.1, 0.15) is 10.4 Å². The Labute approximate surface area is 146 Å². The van der Waals surface area contributed by atoms with E-state index in [4.69, 9.17) is 9.84 Å². The number of carboxylic acid groups (broad SMARTS) is 1. The second-order valence-corrected chi connectivity index (χ2v) is 5.59. The number of ether oxygens (including phenoxy) is 1. The molecule has 0 spiro atoms. The Bertz CT molecular complexity index is 724. The van der Waals surface area contributed by atoms with E-state index in [1.165, 1.54) is 12.1 Å². The van der Waals surface area contributed by atoms with Gasteiger partial charge in [-0.05, 0) is 24.3 Å². The molecule has 0 saturated heterocycles. The van der Waals surface area contributed by atoms with Crippen molar-refractivity contribution in [3.8, 4) is 5.75 Å². The van der Waals surface area contributed by atoms with Crippen LogP contribution < -0.4 is 9.64 Å². The minimum absolute atomic E-state index is 0.0761. The number of aliphatic carboxylic acids is 1. The normalized spacial score (nSPS) is 10.2. The number of carbonyl (C=O) groups is 2. The average Bonchev–Trinajstić information content (AvgIpc) is 2.58. The quantitative estimate of drug-likeness (QED) is 0.730. The summed E-state index contributed by atoms with van der Waals surface area (Å²) in [5, 5.41) is 9.68. The van der Waals surface area contributed by atoms with Gasteiger partial charge in [0.15, 0.2) is 0 Å². The third kappa shape index (κ3) is 4.55. The highest BCUT2D eigenvalue weighted by molar-refractivity contribution is 9.09. The lowest BCUT2D eigenvalue weighted by molar-refractivity contribution is -0.135. The summed E-state index contributed by atoms with van der Waals surface area (Å²) in [6, 6.07) is 11.9. The van der Waals surface area contributed by atoms with Gasteiger partial charge in [-0.2, -0.15) is 0 Å². The van der Waals surface area contributed by atoms with Crippen molar-refractivity contribution < 1.29 is 23.8 Å². The third-order valence-corrected chi connectivity index (χ3v) is 3.43. The fourth-order valence-corrected chi connectivity index (χ4v) is 2.27. The summed E-state index contributed by atoms with van der Waals surface area (Å²) in [4.78, 5) is 24.9. The lowest BCUT2D eigenvalue weighted by Gasteiger charge is -2.23. The Hall–Kier alpha value is -2.41. The van der Waals surface area contributed by atoms with Crippen LogP contribution in [0.5, 0.6) is 5.75 Å². The molecule has 0 atom stereocenters. The zero-order chi connectivity index (χ0) is 17.5. The molecule has 0 bridgehead atoms.